The van der Waals surface area contributed by atoms with Crippen LogP contribution in [0.25, 0.3) is 22.0 Å². The van der Waals surface area contributed by atoms with Gasteiger partial charge in [-0.2, -0.15) is 13.2 Å². The highest BCUT2D eigenvalue weighted by Crippen LogP contribution is 2.32. The quantitative estimate of drug-likeness (QED) is 0.0938. The van der Waals surface area contributed by atoms with Crippen LogP contribution in [0.15, 0.2) is 100 Å². The highest BCUT2D eigenvalue weighted by atomic mass is 32.2. The summed E-state index contributed by atoms with van der Waals surface area (Å²) in [6.07, 6.45) is -15.0. The van der Waals surface area contributed by atoms with Crippen molar-refractivity contribution in [3.8, 4) is 11.1 Å². The predicted molar refractivity (Wildman–Crippen MR) is 198 cm³/mol. The van der Waals surface area contributed by atoms with Gasteiger partial charge >= 0.3 is 6.18 Å². The molecule has 1 aromatic heterocycles. The van der Waals surface area contributed by atoms with E-state index in [0.717, 1.165) is 6.92 Å². The van der Waals surface area contributed by atoms with Crippen LogP contribution >= 0.6 is 11.8 Å². The van der Waals surface area contributed by atoms with Crippen molar-refractivity contribution in [3.05, 3.63) is 135 Å². The largest absolute Gasteiger partial charge is 0.416 e. The number of carbonyl (C=O) groups excluding carboxylic acids is 1. The number of nitrogens with zero attached hydrogens (tertiary/aromatic N) is 3. The first-order chi connectivity index (χ1) is 36.6. The van der Waals surface area contributed by atoms with E-state index in [2.05, 4.69) is 4.74 Å². The topological polar surface area (TPSA) is 54.8 Å². The van der Waals surface area contributed by atoms with Crippen molar-refractivity contribution in [3.63, 3.8) is 0 Å². The lowest BCUT2D eigenvalue weighted by atomic mass is 10.00. The molecule has 0 bridgehead atoms. The number of likely N-dealkylation sites (tertiary alicyclic amines) is 1. The average molecular weight is 778 g/mol. The van der Waals surface area contributed by atoms with Crippen LogP contribution in [-0.4, -0.2) is 59.5 Å². The molecule has 2 heterocycles. The van der Waals surface area contributed by atoms with Crippen molar-refractivity contribution in [1.29, 1.82) is 0 Å². The number of fused-ring (bicyclic) bond motifs is 1. The SMILES string of the molecule is [2H]c1c([2H])c(F)c(F)c(CSc2c([2H])c(=O)c3c([2H])c(C)c([2H])c([2H])c3n2CC(=O)N(Cc2c([2H])c([2H])c(-c3c([2H])c([2H])c(C(F)(F)F)c([2H])c3[2H])c([2H])c2[2H])C2([2H])C([2H])([2H])C([2H])([2H])N(C([2H])([2H])C([2H])([2H])OC)C([2H])([2H])C2([2H])[2H])c1[2H]. The minimum absolute atomic E-state index is 0.0332. The summed E-state index contributed by atoms with van der Waals surface area (Å²) in [4.78, 5) is 28.3. The molecule has 0 aliphatic carbocycles. The van der Waals surface area contributed by atoms with Crippen LogP contribution in [0.1, 0.15) is 73.4 Å². The van der Waals surface area contributed by atoms with Crippen molar-refractivity contribution in [2.75, 3.05) is 33.2 Å². The van der Waals surface area contributed by atoms with Gasteiger partial charge in [0.1, 0.15) is 6.54 Å². The summed E-state index contributed by atoms with van der Waals surface area (Å²) >= 11 is 0.0332. The summed E-state index contributed by atoms with van der Waals surface area (Å²) < 4.78 is 321. The lowest BCUT2D eigenvalue weighted by Gasteiger charge is -2.39. The Bertz CT molecular complexity index is 3470. The molecule has 278 valence electrons. The van der Waals surface area contributed by atoms with E-state index in [1.807, 2.05) is 0 Å². The van der Waals surface area contributed by atoms with Gasteiger partial charge in [0.05, 0.1) is 47.3 Å². The molecule has 1 fully saturated rings. The zero-order valence-electron chi connectivity index (χ0n) is 55.0. The second-order valence-electron chi connectivity index (χ2n) is 10.5. The Balaban J connectivity index is 1.76. The van der Waals surface area contributed by atoms with E-state index in [4.69, 9.17) is 31.5 Å². The van der Waals surface area contributed by atoms with Gasteiger partial charge in [0.15, 0.2) is 17.1 Å². The number of benzene rings is 4. The molecular weight excluding hydrogens is 710 g/mol. The number of thioether (sulfide) groups is 1. The van der Waals surface area contributed by atoms with Crippen LogP contribution in [0.2, 0.25) is 0 Å². The number of ether oxygens (including phenoxy) is 1. The summed E-state index contributed by atoms with van der Waals surface area (Å²) in [6.45, 7) is -20.3. The Morgan fingerprint density at radius 3 is 2.36 bits per heavy atom. The molecule has 4 aromatic carbocycles. The fourth-order valence-electron chi connectivity index (χ4n) is 4.45. The molecule has 1 saturated heterocycles. The molecule has 0 saturated carbocycles. The fraction of sp³-hybridized carbons (Fsp3) is 0.317. The summed E-state index contributed by atoms with van der Waals surface area (Å²) in [5, 5.41) is -1.95. The van der Waals surface area contributed by atoms with Crippen molar-refractivity contribution in [1.82, 2.24) is 14.4 Å². The number of hydrogen-bond acceptors (Lipinski definition) is 5. The van der Waals surface area contributed by atoms with Gasteiger partial charge < -0.3 is 19.1 Å². The third-order valence-corrected chi connectivity index (χ3v) is 7.95. The number of piperidine rings is 1. The molecule has 1 amide bonds. The van der Waals surface area contributed by atoms with Crippen LogP contribution in [0.4, 0.5) is 22.0 Å². The second-order valence-corrected chi connectivity index (χ2v) is 11.5. The zero-order chi connectivity index (χ0) is 62.4. The Kier molecular flexibility index (Phi) is 5.17. The third kappa shape index (κ3) is 9.17. The van der Waals surface area contributed by atoms with Gasteiger partial charge in [-0.05, 0) is 66.6 Å². The van der Waals surface area contributed by atoms with E-state index in [-0.39, 0.29) is 11.8 Å². The standard InChI is InChI=1S/C41H40F5N3O3S/c1-27-6-15-36-34(22-27)37(50)23-39(53-26-31-4-3-5-35(42)40(31)43)49(36)25-38(51)48(33-16-18-47(19-17-33)20-21-52-2)24-28-7-9-29(10-8-28)30-11-13-32(14-12-30)41(44,45)46/h3-15,22-23,33H,16-21,24-26H2,1-2H3/i3D,4D,5D,6D,7D,8D,9D,10D,11D,12D,13D,14D,15D,16D2,17D2,18D2,19D2,20D2,21D2,22D,23D,33D. The molecule has 12 heteroatoms. The predicted octanol–water partition coefficient (Wildman–Crippen LogP) is 8.71. The summed E-state index contributed by atoms with van der Waals surface area (Å²) in [6, 6.07) is -25.3. The van der Waals surface area contributed by atoms with Crippen molar-refractivity contribution in [2.24, 2.45) is 0 Å². The molecule has 0 atom stereocenters. The number of alkyl halides is 3. The van der Waals surface area contributed by atoms with E-state index in [1.54, 1.807) is 0 Å². The Morgan fingerprint density at radius 1 is 1.02 bits per heavy atom. The number of methoxy groups -OCH3 is 1. The van der Waals surface area contributed by atoms with E-state index >= 15 is 9.18 Å². The number of pyridine rings is 1. The minimum atomic E-state index is -5.53. The average Bonchev–Trinajstić information content (AvgIpc) is 3.36. The molecule has 1 aliphatic rings. The smallest absolute Gasteiger partial charge is 0.383 e. The molecule has 53 heavy (non-hydrogen) atoms. The van der Waals surface area contributed by atoms with Crippen molar-refractivity contribution < 1.29 is 69.9 Å². The van der Waals surface area contributed by atoms with Crippen molar-refractivity contribution >= 4 is 28.6 Å². The highest BCUT2D eigenvalue weighted by molar-refractivity contribution is 7.98. The zero-order valence-corrected chi connectivity index (χ0v) is 27.8. The van der Waals surface area contributed by atoms with Crippen LogP contribution in [-0.2, 0) is 34.6 Å². The molecule has 0 radical (unpaired) electrons. The Hall–Kier alpha value is -4.52. The molecular formula is C41H40F5N3O3S. The molecule has 6 nitrogen and oxygen atoms in total. The van der Waals surface area contributed by atoms with Crippen LogP contribution < -0.4 is 5.43 Å². The van der Waals surface area contributed by atoms with Gasteiger partial charge in [0, 0.05) is 75.6 Å². The van der Waals surface area contributed by atoms with E-state index < -0.39 is 243 Å². The second kappa shape index (κ2) is 16.7. The van der Waals surface area contributed by atoms with Gasteiger partial charge in [-0.25, -0.2) is 8.78 Å². The number of amides is 1. The number of halogens is 5. The van der Waals surface area contributed by atoms with Gasteiger partial charge in [-0.3, -0.25) is 9.59 Å². The van der Waals surface area contributed by atoms with Crippen LogP contribution in [0.3, 0.4) is 0 Å². The number of aromatic nitrogens is 1. The van der Waals surface area contributed by atoms with Gasteiger partial charge in [0.25, 0.3) is 0 Å². The molecule has 0 spiro atoms. The number of carbonyl (C=O) groups is 1. The molecule has 0 unspecified atom stereocenters. The summed E-state index contributed by atoms with van der Waals surface area (Å²) in [5.74, 6) is -7.13. The van der Waals surface area contributed by atoms with E-state index in [0.29, 0.717) is 11.7 Å². The Morgan fingerprint density at radius 2 is 1.70 bits per heavy atom. The van der Waals surface area contributed by atoms with E-state index in [1.165, 1.54) is 0 Å². The number of rotatable bonds is 12. The lowest BCUT2D eigenvalue weighted by Crippen LogP contribution is -2.48. The van der Waals surface area contributed by atoms with Crippen LogP contribution in [0, 0.1) is 18.6 Å². The molecule has 5 aromatic rings. The van der Waals surface area contributed by atoms with Crippen LogP contribution in [0.5, 0.6) is 0 Å². The van der Waals surface area contributed by atoms with E-state index in [9.17, 15) is 29.2 Å². The first-order valence-corrected chi connectivity index (χ1v) is 15.7. The minimum Gasteiger partial charge on any atom is -0.383 e. The molecule has 6 rings (SSSR count). The summed E-state index contributed by atoms with van der Waals surface area (Å²) in [7, 11) is 0.493. The molecule has 1 aliphatic heterocycles. The van der Waals surface area contributed by atoms with Gasteiger partial charge in [-0.15, -0.1) is 11.8 Å². The van der Waals surface area contributed by atoms with Gasteiger partial charge in [-0.1, -0.05) is 59.9 Å². The summed E-state index contributed by atoms with van der Waals surface area (Å²) in [5.41, 5.74) is -9.90. The first kappa shape index (κ1) is 16.5. The molecule has 0 N–H and O–H groups in total. The first-order valence-electron chi connectivity index (χ1n) is 28.7. The third-order valence-electron chi connectivity index (χ3n) is 6.92. The maximum absolute atomic E-state index is 15.7. The lowest BCUT2D eigenvalue weighted by molar-refractivity contribution is -0.137. The van der Waals surface area contributed by atoms with Gasteiger partial charge in [0.2, 0.25) is 5.91 Å². The normalized spacial score (nSPS) is 26.7. The monoisotopic (exact) mass is 777 g/mol. The van der Waals surface area contributed by atoms with Crippen molar-refractivity contribution in [2.45, 2.75) is 55.7 Å². The maximum atomic E-state index is 15.7. The fourth-order valence-corrected chi connectivity index (χ4v) is 5.41. The maximum Gasteiger partial charge on any atom is 0.416 e. The Labute approximate surface area is 348 Å². The highest BCUT2D eigenvalue weighted by Gasteiger charge is 2.31. The number of hydrogen-bond donors (Lipinski definition) is 0.